The van der Waals surface area contributed by atoms with Crippen molar-refractivity contribution in [1.82, 2.24) is 0 Å². The summed E-state index contributed by atoms with van der Waals surface area (Å²) < 4.78 is 25.1. The van der Waals surface area contributed by atoms with Crippen LogP contribution in [-0.2, 0) is 13.0 Å². The maximum atomic E-state index is 7.61. The summed E-state index contributed by atoms with van der Waals surface area (Å²) in [5.41, 5.74) is 6.69. The molecule has 0 saturated heterocycles. The fraction of sp³-hybridized carbons (Fsp3) is 0.150. The van der Waals surface area contributed by atoms with Crippen molar-refractivity contribution in [2.24, 2.45) is 0 Å². The van der Waals surface area contributed by atoms with E-state index >= 15 is 0 Å². The molecule has 0 atom stereocenters. The Kier molecular flexibility index (Phi) is 2.20. The van der Waals surface area contributed by atoms with Crippen LogP contribution >= 0.6 is 0 Å². The predicted molar refractivity (Wildman–Crippen MR) is 86.0 cm³/mol. The van der Waals surface area contributed by atoms with Gasteiger partial charge in [0.05, 0.1) is 5.56 Å². The van der Waals surface area contributed by atoms with Crippen molar-refractivity contribution in [3.8, 4) is 22.5 Å². The summed E-state index contributed by atoms with van der Waals surface area (Å²) in [6.07, 6.45) is 0.0837. The molecule has 0 N–H and O–H groups in total. The molecule has 1 heteroatoms. The molecular formula is C20H18N+. The van der Waals surface area contributed by atoms with Gasteiger partial charge in [0, 0.05) is 27.4 Å². The number of nitrogens with zero attached hydrogens (tertiary/aromatic N) is 1. The molecule has 0 radical (unpaired) electrons. The zero-order valence-electron chi connectivity index (χ0n) is 14.7. The number of hydrogen-bond donors (Lipinski definition) is 0. The fourth-order valence-electron chi connectivity index (χ4n) is 3.18. The van der Waals surface area contributed by atoms with Gasteiger partial charge in [-0.1, -0.05) is 43.3 Å². The highest BCUT2D eigenvalue weighted by Gasteiger charge is 2.29. The first-order chi connectivity index (χ1) is 11.5. The van der Waals surface area contributed by atoms with Crippen molar-refractivity contribution < 1.29 is 8.68 Å². The Morgan fingerprint density at radius 3 is 2.43 bits per heavy atom. The number of aromatic nitrogens is 1. The van der Waals surface area contributed by atoms with Gasteiger partial charge in [-0.25, -0.2) is 0 Å². The van der Waals surface area contributed by atoms with E-state index in [1.807, 2.05) is 24.3 Å². The van der Waals surface area contributed by atoms with Gasteiger partial charge in [-0.2, -0.15) is 4.57 Å². The van der Waals surface area contributed by atoms with Crippen molar-refractivity contribution in [2.45, 2.75) is 19.8 Å². The van der Waals surface area contributed by atoms with Crippen molar-refractivity contribution in [3.05, 3.63) is 77.9 Å². The van der Waals surface area contributed by atoms with Crippen LogP contribution in [-0.4, -0.2) is 0 Å². The van der Waals surface area contributed by atoms with Crippen LogP contribution in [0.5, 0.6) is 0 Å². The maximum Gasteiger partial charge on any atom is 0.213 e. The minimum atomic E-state index is -1.97. The van der Waals surface area contributed by atoms with Crippen LogP contribution < -0.4 is 4.57 Å². The van der Waals surface area contributed by atoms with Crippen molar-refractivity contribution in [1.29, 1.82) is 0 Å². The highest BCUT2D eigenvalue weighted by molar-refractivity contribution is 5.67. The summed E-state index contributed by atoms with van der Waals surface area (Å²) in [5.74, 6) is 0. The molecule has 4 rings (SSSR count). The van der Waals surface area contributed by atoms with E-state index in [0.717, 1.165) is 23.4 Å². The van der Waals surface area contributed by atoms with Crippen LogP contribution in [0.2, 0.25) is 0 Å². The standard InChI is InChI=1S/C20H18N/c1-2-15-8-3-5-10-17(15)19-12-7-13-20-18-11-6-4-9-16(18)14-21(19)20/h3-13H,2,14H2,1H3/q+1/i1D3. The average molecular weight is 275 g/mol. The summed E-state index contributed by atoms with van der Waals surface area (Å²) in [4.78, 5) is 0. The molecule has 0 fully saturated rings. The molecular weight excluding hydrogens is 254 g/mol. The summed E-state index contributed by atoms with van der Waals surface area (Å²) in [6.45, 7) is -1.15. The highest BCUT2D eigenvalue weighted by atomic mass is 15.0. The molecule has 1 aromatic heterocycles. The molecule has 0 bridgehead atoms. The second-order valence-electron chi connectivity index (χ2n) is 5.37. The second kappa shape index (κ2) is 4.85. The van der Waals surface area contributed by atoms with E-state index in [1.54, 1.807) is 0 Å². The summed E-state index contributed by atoms with van der Waals surface area (Å²) in [6, 6.07) is 22.5. The minimum Gasteiger partial charge on any atom is -0.187 e. The Bertz CT molecular complexity index is 913. The molecule has 1 aliphatic rings. The lowest BCUT2D eigenvalue weighted by molar-refractivity contribution is -0.661. The second-order valence-corrected chi connectivity index (χ2v) is 5.37. The van der Waals surface area contributed by atoms with Crippen LogP contribution in [0.15, 0.2) is 66.7 Å². The molecule has 21 heavy (non-hydrogen) atoms. The summed E-state index contributed by atoms with van der Waals surface area (Å²) >= 11 is 0. The number of hydrogen-bond acceptors (Lipinski definition) is 0. The zero-order chi connectivity index (χ0) is 16.7. The first-order valence-corrected chi connectivity index (χ1v) is 7.22. The topological polar surface area (TPSA) is 3.88 Å². The van der Waals surface area contributed by atoms with Crippen LogP contribution in [0.3, 0.4) is 0 Å². The summed E-state index contributed by atoms with van der Waals surface area (Å²) in [5, 5.41) is 0. The van der Waals surface area contributed by atoms with Gasteiger partial charge in [0.1, 0.15) is 0 Å². The molecule has 2 aromatic carbocycles. The van der Waals surface area contributed by atoms with Gasteiger partial charge in [0.15, 0.2) is 6.54 Å². The molecule has 2 heterocycles. The predicted octanol–water partition coefficient (Wildman–Crippen LogP) is 4.23. The molecule has 0 saturated carbocycles. The fourth-order valence-corrected chi connectivity index (χ4v) is 3.18. The largest absolute Gasteiger partial charge is 0.213 e. The van der Waals surface area contributed by atoms with E-state index in [9.17, 15) is 0 Å². The number of pyridine rings is 1. The molecule has 3 aromatic rings. The monoisotopic (exact) mass is 275 g/mol. The zero-order valence-corrected chi connectivity index (χ0v) is 11.7. The van der Waals surface area contributed by atoms with E-state index in [1.165, 1.54) is 16.8 Å². The van der Waals surface area contributed by atoms with Gasteiger partial charge in [-0.15, -0.1) is 0 Å². The average Bonchev–Trinajstić information content (AvgIpc) is 2.93. The molecule has 0 amide bonds. The third-order valence-corrected chi connectivity index (χ3v) is 4.20. The third kappa shape index (κ3) is 1.89. The highest BCUT2D eigenvalue weighted by Crippen LogP contribution is 2.30. The first kappa shape index (κ1) is 9.51. The molecule has 102 valence electrons. The quantitative estimate of drug-likeness (QED) is 0.482. The van der Waals surface area contributed by atoms with E-state index in [0.29, 0.717) is 0 Å². The third-order valence-electron chi connectivity index (χ3n) is 4.20. The van der Waals surface area contributed by atoms with Gasteiger partial charge in [-0.05, 0) is 30.2 Å². The molecule has 0 spiro atoms. The Labute approximate surface area is 129 Å². The molecule has 1 aliphatic heterocycles. The Balaban J connectivity index is 1.86. The lowest BCUT2D eigenvalue weighted by atomic mass is 10.0. The van der Waals surface area contributed by atoms with Crippen LogP contribution in [0.4, 0.5) is 0 Å². The number of fused-ring (bicyclic) bond motifs is 3. The molecule has 0 unspecified atom stereocenters. The Hall–Kier alpha value is -2.41. The summed E-state index contributed by atoms with van der Waals surface area (Å²) in [7, 11) is 0. The number of benzene rings is 2. The van der Waals surface area contributed by atoms with E-state index in [4.69, 9.17) is 4.11 Å². The van der Waals surface area contributed by atoms with E-state index < -0.39 is 6.85 Å². The lowest BCUT2D eigenvalue weighted by Crippen LogP contribution is -2.35. The molecule has 1 nitrogen and oxygen atoms in total. The smallest absolute Gasteiger partial charge is 0.187 e. The number of aryl methyl sites for hydroxylation is 1. The minimum absolute atomic E-state index is 0.0837. The van der Waals surface area contributed by atoms with Crippen LogP contribution in [0.1, 0.15) is 22.1 Å². The van der Waals surface area contributed by atoms with E-state index in [2.05, 4.69) is 47.0 Å². The normalized spacial score (nSPS) is 14.8. The van der Waals surface area contributed by atoms with Crippen LogP contribution in [0, 0.1) is 0 Å². The van der Waals surface area contributed by atoms with Gasteiger partial charge in [0.2, 0.25) is 11.4 Å². The van der Waals surface area contributed by atoms with Crippen molar-refractivity contribution in [3.63, 3.8) is 0 Å². The lowest BCUT2D eigenvalue weighted by Gasteiger charge is -2.07. The van der Waals surface area contributed by atoms with E-state index in [-0.39, 0.29) is 6.42 Å². The van der Waals surface area contributed by atoms with Gasteiger partial charge in [-0.3, -0.25) is 0 Å². The SMILES string of the molecule is [2H]C([2H])([2H])Cc1ccccc1-c1cccc2[n+]1Cc1ccccc1-2. The van der Waals surface area contributed by atoms with Crippen LogP contribution in [0.25, 0.3) is 22.5 Å². The van der Waals surface area contributed by atoms with Gasteiger partial charge >= 0.3 is 0 Å². The van der Waals surface area contributed by atoms with Gasteiger partial charge in [0.25, 0.3) is 0 Å². The Morgan fingerprint density at radius 1 is 0.857 bits per heavy atom. The number of rotatable bonds is 2. The van der Waals surface area contributed by atoms with Crippen molar-refractivity contribution >= 4 is 0 Å². The van der Waals surface area contributed by atoms with Crippen molar-refractivity contribution in [2.75, 3.05) is 0 Å². The molecule has 0 aliphatic carbocycles. The Morgan fingerprint density at radius 2 is 1.57 bits per heavy atom. The maximum absolute atomic E-state index is 7.61. The van der Waals surface area contributed by atoms with Gasteiger partial charge < -0.3 is 0 Å². The first-order valence-electron chi connectivity index (χ1n) is 8.72.